The molecule has 0 heterocycles. The first kappa shape index (κ1) is 14.4. The summed E-state index contributed by atoms with van der Waals surface area (Å²) < 4.78 is 0. The third kappa shape index (κ3) is 5.15. The van der Waals surface area contributed by atoms with Gasteiger partial charge in [0.25, 0.3) is 0 Å². The van der Waals surface area contributed by atoms with E-state index in [4.69, 9.17) is 0 Å². The van der Waals surface area contributed by atoms with Gasteiger partial charge in [-0.25, -0.2) is 12.1 Å². The van der Waals surface area contributed by atoms with E-state index >= 15 is 0 Å². The predicted molar refractivity (Wildman–Crippen MR) is 62.8 cm³/mol. The van der Waals surface area contributed by atoms with E-state index in [0.29, 0.717) is 0 Å². The zero-order chi connectivity index (χ0) is 10.2. The van der Waals surface area contributed by atoms with Crippen molar-refractivity contribution in [1.29, 1.82) is 0 Å². The van der Waals surface area contributed by atoms with Gasteiger partial charge in [-0.2, -0.15) is 47.5 Å². The molecule has 78 valence electrons. The minimum atomic E-state index is 0. The Labute approximate surface area is 108 Å². The van der Waals surface area contributed by atoms with Gasteiger partial charge in [0, 0.05) is 0 Å². The first-order valence-corrected chi connectivity index (χ1v) is 5.28. The van der Waals surface area contributed by atoms with Crippen molar-refractivity contribution in [2.24, 2.45) is 0 Å². The fraction of sp³-hybridized carbons (Fsp3) is 0.286. The molecule has 0 saturated carbocycles. The van der Waals surface area contributed by atoms with Crippen molar-refractivity contribution in [2.45, 2.75) is 26.7 Å². The van der Waals surface area contributed by atoms with Crippen LogP contribution in [0.5, 0.6) is 0 Å². The molecule has 0 bridgehead atoms. The number of aryl methyl sites for hydroxylation is 2. The molecule has 0 aliphatic heterocycles. The molecule has 2 aromatic carbocycles. The van der Waals surface area contributed by atoms with Crippen LogP contribution in [0.1, 0.15) is 25.0 Å². The summed E-state index contributed by atoms with van der Waals surface area (Å²) in [4.78, 5) is 0. The molecule has 0 spiro atoms. The van der Waals surface area contributed by atoms with Crippen LogP contribution in [0.25, 0.3) is 0 Å². The van der Waals surface area contributed by atoms with Crippen molar-refractivity contribution in [2.75, 3.05) is 0 Å². The van der Waals surface area contributed by atoms with Crippen molar-refractivity contribution < 1.29 is 21.7 Å². The Balaban J connectivity index is 0.000000280. The van der Waals surface area contributed by atoms with E-state index in [-0.39, 0.29) is 21.7 Å². The third-order valence-corrected chi connectivity index (χ3v) is 2.32. The molecular weight excluding hydrogens is 216 g/mol. The van der Waals surface area contributed by atoms with E-state index in [2.05, 4.69) is 32.0 Å². The zero-order valence-corrected chi connectivity index (χ0v) is 11.1. The summed E-state index contributed by atoms with van der Waals surface area (Å²) >= 11 is 0. The summed E-state index contributed by atoms with van der Waals surface area (Å²) in [5, 5.41) is 0. The normalized spacial score (nSPS) is 8.67. The first-order valence-electron chi connectivity index (χ1n) is 5.28. The molecule has 15 heavy (non-hydrogen) atoms. The average molecular weight is 234 g/mol. The van der Waals surface area contributed by atoms with Gasteiger partial charge in [-0.15, -0.1) is 0 Å². The van der Waals surface area contributed by atoms with Gasteiger partial charge in [-0.3, -0.25) is 0 Å². The van der Waals surface area contributed by atoms with E-state index in [1.807, 2.05) is 30.3 Å². The molecule has 0 amide bonds. The Hall–Kier alpha value is -0.586. The monoisotopic (exact) mass is 234 g/mol. The van der Waals surface area contributed by atoms with Gasteiger partial charge < -0.3 is 0 Å². The van der Waals surface area contributed by atoms with Gasteiger partial charge in [-0.05, 0) is 0 Å². The molecule has 2 rings (SSSR count). The van der Waals surface area contributed by atoms with Crippen LogP contribution in [0.3, 0.4) is 0 Å². The van der Waals surface area contributed by atoms with Crippen LogP contribution in [-0.4, -0.2) is 0 Å². The summed E-state index contributed by atoms with van der Waals surface area (Å²) in [6.07, 6.45) is 2.35. The first-order chi connectivity index (χ1) is 6.88. The number of hydrogen-bond donors (Lipinski definition) is 0. The largest absolute Gasteiger partial charge is 2.00 e. The van der Waals surface area contributed by atoms with Crippen molar-refractivity contribution in [1.82, 2.24) is 0 Å². The predicted octanol–water partition coefficient (Wildman–Crippen LogP) is 3.93. The SMILES string of the molecule is CCc1c[cH-]cc1CC.[Ti+2].c1cc[cH-]c1. The molecule has 0 aliphatic carbocycles. The Morgan fingerprint density at radius 1 is 0.867 bits per heavy atom. The number of hydrogen-bond acceptors (Lipinski definition) is 0. The van der Waals surface area contributed by atoms with E-state index in [9.17, 15) is 0 Å². The van der Waals surface area contributed by atoms with Crippen LogP contribution >= 0.6 is 0 Å². The average Bonchev–Trinajstić information content (AvgIpc) is 2.91. The summed E-state index contributed by atoms with van der Waals surface area (Å²) in [6.45, 7) is 4.41. The fourth-order valence-corrected chi connectivity index (χ4v) is 1.51. The quantitative estimate of drug-likeness (QED) is 0.545. The van der Waals surface area contributed by atoms with E-state index in [1.54, 1.807) is 0 Å². The molecule has 0 unspecified atom stereocenters. The standard InChI is InChI=1S/C9H13.C5H5.Ti/c1-3-8-6-5-7-9(8)4-2;1-2-4-5-3-1;/h5-7H,3-4H2,1-2H3;1-5H;/q2*-1;+2. The molecule has 1 heteroatoms. The zero-order valence-electron chi connectivity index (χ0n) is 9.53. The maximum Gasteiger partial charge on any atom is 2.00 e. The van der Waals surface area contributed by atoms with Gasteiger partial charge >= 0.3 is 21.7 Å². The number of rotatable bonds is 2. The van der Waals surface area contributed by atoms with Gasteiger partial charge in [-0.1, -0.05) is 26.7 Å². The molecule has 0 nitrogen and oxygen atoms in total. The second-order valence-electron chi connectivity index (χ2n) is 3.25. The molecule has 2 aromatic rings. The maximum atomic E-state index is 2.21. The minimum Gasteiger partial charge on any atom is -0.214 e. The Morgan fingerprint density at radius 2 is 1.33 bits per heavy atom. The maximum absolute atomic E-state index is 2.21. The molecule has 0 aliphatic rings. The smallest absolute Gasteiger partial charge is 0.214 e. The van der Waals surface area contributed by atoms with Crippen molar-refractivity contribution in [3.8, 4) is 0 Å². The van der Waals surface area contributed by atoms with Crippen LogP contribution < -0.4 is 0 Å². The van der Waals surface area contributed by atoms with Crippen LogP contribution in [0, 0.1) is 0 Å². The molecule has 0 N–H and O–H groups in total. The Kier molecular flexibility index (Phi) is 8.36. The van der Waals surface area contributed by atoms with Crippen LogP contribution in [0.15, 0.2) is 48.5 Å². The fourth-order valence-electron chi connectivity index (χ4n) is 1.51. The van der Waals surface area contributed by atoms with Crippen LogP contribution in [0.2, 0.25) is 0 Å². The Bertz CT molecular complexity index is 281. The molecule has 0 atom stereocenters. The molecule has 0 aromatic heterocycles. The summed E-state index contributed by atoms with van der Waals surface area (Å²) in [7, 11) is 0. The van der Waals surface area contributed by atoms with Gasteiger partial charge in [0.2, 0.25) is 0 Å². The van der Waals surface area contributed by atoms with Crippen molar-refractivity contribution in [3.05, 3.63) is 59.7 Å². The van der Waals surface area contributed by atoms with E-state index in [1.165, 1.54) is 24.0 Å². The topological polar surface area (TPSA) is 0 Å². The van der Waals surface area contributed by atoms with Gasteiger partial charge in [0.05, 0.1) is 0 Å². The second kappa shape index (κ2) is 8.70. The van der Waals surface area contributed by atoms with E-state index in [0.717, 1.165) is 0 Å². The molecule has 0 saturated heterocycles. The molecule has 0 radical (unpaired) electrons. The van der Waals surface area contributed by atoms with Crippen molar-refractivity contribution in [3.63, 3.8) is 0 Å². The molecule has 0 fully saturated rings. The summed E-state index contributed by atoms with van der Waals surface area (Å²) in [6, 6.07) is 16.6. The van der Waals surface area contributed by atoms with E-state index < -0.39 is 0 Å². The third-order valence-electron chi connectivity index (χ3n) is 2.32. The Morgan fingerprint density at radius 3 is 1.60 bits per heavy atom. The van der Waals surface area contributed by atoms with Crippen molar-refractivity contribution >= 4 is 0 Å². The second-order valence-corrected chi connectivity index (χ2v) is 3.25. The summed E-state index contributed by atoms with van der Waals surface area (Å²) in [5.41, 5.74) is 3.02. The van der Waals surface area contributed by atoms with Crippen LogP contribution in [0.4, 0.5) is 0 Å². The van der Waals surface area contributed by atoms with Crippen LogP contribution in [-0.2, 0) is 34.6 Å². The van der Waals surface area contributed by atoms with Gasteiger partial charge in [0.15, 0.2) is 0 Å². The summed E-state index contributed by atoms with van der Waals surface area (Å²) in [5.74, 6) is 0. The van der Waals surface area contributed by atoms with Gasteiger partial charge in [0.1, 0.15) is 0 Å². The minimum absolute atomic E-state index is 0. The molecular formula is C14H18Ti.